The Bertz CT molecular complexity index is 703. The molecule has 102 valence electrons. The van der Waals surface area contributed by atoms with Crippen LogP contribution in [0.5, 0.6) is 0 Å². The van der Waals surface area contributed by atoms with Crippen molar-refractivity contribution in [1.29, 1.82) is 0 Å². The molecule has 0 aliphatic heterocycles. The molecule has 0 aliphatic carbocycles. The quantitative estimate of drug-likeness (QED) is 0.738. The Morgan fingerprint density at radius 1 is 1.20 bits per heavy atom. The normalized spacial score (nSPS) is 11.1. The van der Waals surface area contributed by atoms with Crippen molar-refractivity contribution in [2.75, 3.05) is 0 Å². The molecule has 0 unspecified atom stereocenters. The first-order chi connectivity index (χ1) is 9.76. The number of thioether (sulfide) groups is 1. The lowest BCUT2D eigenvalue weighted by Gasteiger charge is -2.06. The fraction of sp³-hybridized carbons (Fsp3) is 0.188. The Kier molecular flexibility index (Phi) is 3.76. The number of fused-ring (bicyclic) bond motifs is 1. The molecule has 1 aromatic heterocycles. The number of benzene rings is 2. The number of hydrogen-bond donors (Lipinski definition) is 1. The molecule has 0 amide bonds. The summed E-state index contributed by atoms with van der Waals surface area (Å²) in [6.45, 7) is 2.69. The molecule has 0 spiro atoms. The van der Waals surface area contributed by atoms with Gasteiger partial charge in [-0.2, -0.15) is 0 Å². The molecular formula is C16H16N2OS. The van der Waals surface area contributed by atoms with Crippen molar-refractivity contribution in [2.24, 2.45) is 5.73 Å². The third-order valence-corrected chi connectivity index (χ3v) is 4.15. The van der Waals surface area contributed by atoms with Crippen LogP contribution in [-0.2, 0) is 12.3 Å². The third kappa shape index (κ3) is 2.71. The summed E-state index contributed by atoms with van der Waals surface area (Å²) in [6, 6.07) is 14.2. The lowest BCUT2D eigenvalue weighted by atomic mass is 10.1. The first kappa shape index (κ1) is 13.2. The highest BCUT2D eigenvalue weighted by molar-refractivity contribution is 7.98. The monoisotopic (exact) mass is 284 g/mol. The van der Waals surface area contributed by atoms with Crippen molar-refractivity contribution in [3.8, 4) is 0 Å². The number of nitrogens with two attached hydrogens (primary N) is 1. The Morgan fingerprint density at radius 3 is 2.80 bits per heavy atom. The van der Waals surface area contributed by atoms with Crippen LogP contribution < -0.4 is 5.73 Å². The summed E-state index contributed by atoms with van der Waals surface area (Å²) in [5, 5.41) is 0.716. The highest BCUT2D eigenvalue weighted by Crippen LogP contribution is 2.27. The van der Waals surface area contributed by atoms with Gasteiger partial charge in [-0.05, 0) is 35.7 Å². The van der Waals surface area contributed by atoms with Crippen molar-refractivity contribution in [3.05, 3.63) is 59.2 Å². The number of hydrogen-bond acceptors (Lipinski definition) is 4. The van der Waals surface area contributed by atoms with Gasteiger partial charge in [0, 0.05) is 12.3 Å². The van der Waals surface area contributed by atoms with Crippen molar-refractivity contribution < 1.29 is 4.42 Å². The Hall–Kier alpha value is -1.78. The predicted molar refractivity (Wildman–Crippen MR) is 82.6 cm³/mol. The van der Waals surface area contributed by atoms with Gasteiger partial charge in [0.15, 0.2) is 5.58 Å². The van der Waals surface area contributed by atoms with E-state index in [1.807, 2.05) is 24.3 Å². The molecule has 0 fully saturated rings. The van der Waals surface area contributed by atoms with E-state index in [-0.39, 0.29) is 0 Å². The minimum absolute atomic E-state index is 0.583. The van der Waals surface area contributed by atoms with Gasteiger partial charge in [-0.1, -0.05) is 42.1 Å². The Balaban J connectivity index is 1.75. The minimum Gasteiger partial charge on any atom is -0.431 e. The highest BCUT2D eigenvalue weighted by atomic mass is 32.2. The van der Waals surface area contributed by atoms with Crippen LogP contribution in [0.4, 0.5) is 0 Å². The van der Waals surface area contributed by atoms with Crippen LogP contribution in [0.2, 0.25) is 0 Å². The number of aryl methyl sites for hydroxylation is 1. The van der Waals surface area contributed by atoms with E-state index in [9.17, 15) is 0 Å². The molecule has 2 aromatic carbocycles. The zero-order valence-electron chi connectivity index (χ0n) is 11.3. The van der Waals surface area contributed by atoms with Gasteiger partial charge in [-0.15, -0.1) is 0 Å². The molecule has 0 aliphatic rings. The molecule has 4 heteroatoms. The number of para-hydroxylation sites is 2. The van der Waals surface area contributed by atoms with E-state index < -0.39 is 0 Å². The molecule has 3 rings (SSSR count). The average Bonchev–Trinajstić information content (AvgIpc) is 2.88. The van der Waals surface area contributed by atoms with Crippen LogP contribution in [0.3, 0.4) is 0 Å². The maximum atomic E-state index is 5.71. The molecule has 0 bridgehead atoms. The average molecular weight is 284 g/mol. The number of aromatic nitrogens is 1. The maximum Gasteiger partial charge on any atom is 0.257 e. The minimum atomic E-state index is 0.583. The summed E-state index contributed by atoms with van der Waals surface area (Å²) >= 11 is 1.62. The summed E-state index contributed by atoms with van der Waals surface area (Å²) in [7, 11) is 0. The zero-order valence-corrected chi connectivity index (χ0v) is 12.1. The highest BCUT2D eigenvalue weighted by Gasteiger charge is 2.07. The molecule has 0 saturated carbocycles. The third-order valence-electron chi connectivity index (χ3n) is 3.27. The molecule has 0 radical (unpaired) electrons. The van der Waals surface area contributed by atoms with Crippen LogP contribution in [0, 0.1) is 6.92 Å². The van der Waals surface area contributed by atoms with E-state index in [2.05, 4.69) is 30.1 Å². The van der Waals surface area contributed by atoms with E-state index in [0.717, 1.165) is 22.4 Å². The van der Waals surface area contributed by atoms with Crippen LogP contribution >= 0.6 is 11.8 Å². The fourth-order valence-corrected chi connectivity index (χ4v) is 3.01. The molecule has 3 aromatic rings. The lowest BCUT2D eigenvalue weighted by molar-refractivity contribution is 0.489. The summed E-state index contributed by atoms with van der Waals surface area (Å²) in [4.78, 5) is 4.47. The summed E-state index contributed by atoms with van der Waals surface area (Å²) in [5.41, 5.74) is 11.1. The Morgan fingerprint density at radius 2 is 2.05 bits per heavy atom. The van der Waals surface area contributed by atoms with Crippen LogP contribution in [0.1, 0.15) is 16.7 Å². The molecule has 0 saturated heterocycles. The van der Waals surface area contributed by atoms with Crippen LogP contribution in [0.15, 0.2) is 52.1 Å². The summed E-state index contributed by atoms with van der Waals surface area (Å²) in [5.74, 6) is 0.851. The molecule has 20 heavy (non-hydrogen) atoms. The molecule has 2 N–H and O–H groups in total. The largest absolute Gasteiger partial charge is 0.431 e. The van der Waals surface area contributed by atoms with E-state index in [1.165, 1.54) is 11.1 Å². The standard InChI is InChI=1S/C16H16N2OS/c1-11-8-12(9-17)6-7-13(11)10-20-16-18-14-4-2-3-5-15(14)19-16/h2-8H,9-10,17H2,1H3. The molecule has 3 nitrogen and oxygen atoms in total. The summed E-state index contributed by atoms with van der Waals surface area (Å²) in [6.07, 6.45) is 0. The molecule has 0 atom stereocenters. The second-order valence-electron chi connectivity index (χ2n) is 4.70. The van der Waals surface area contributed by atoms with Gasteiger partial charge in [-0.25, -0.2) is 4.98 Å². The number of nitrogens with zero attached hydrogens (tertiary/aromatic N) is 1. The van der Waals surface area contributed by atoms with Gasteiger partial charge in [0.25, 0.3) is 5.22 Å². The predicted octanol–water partition coefficient (Wildman–Crippen LogP) is 3.89. The van der Waals surface area contributed by atoms with Gasteiger partial charge >= 0.3 is 0 Å². The van der Waals surface area contributed by atoms with Crippen molar-refractivity contribution >= 4 is 22.9 Å². The van der Waals surface area contributed by atoms with Gasteiger partial charge in [0.1, 0.15) is 5.52 Å². The summed E-state index contributed by atoms with van der Waals surface area (Å²) < 4.78 is 5.71. The van der Waals surface area contributed by atoms with Crippen molar-refractivity contribution in [3.63, 3.8) is 0 Å². The van der Waals surface area contributed by atoms with Crippen molar-refractivity contribution in [2.45, 2.75) is 24.4 Å². The smallest absolute Gasteiger partial charge is 0.257 e. The van der Waals surface area contributed by atoms with Gasteiger partial charge in [0.2, 0.25) is 0 Å². The zero-order chi connectivity index (χ0) is 13.9. The number of rotatable bonds is 4. The van der Waals surface area contributed by atoms with Gasteiger partial charge < -0.3 is 10.2 Å². The van der Waals surface area contributed by atoms with Gasteiger partial charge in [0.05, 0.1) is 0 Å². The maximum absolute atomic E-state index is 5.71. The van der Waals surface area contributed by atoms with Gasteiger partial charge in [-0.3, -0.25) is 0 Å². The lowest BCUT2D eigenvalue weighted by Crippen LogP contribution is -1.97. The Labute approximate surface area is 122 Å². The van der Waals surface area contributed by atoms with E-state index in [1.54, 1.807) is 11.8 Å². The van der Waals surface area contributed by atoms with Crippen LogP contribution in [-0.4, -0.2) is 4.98 Å². The second kappa shape index (κ2) is 5.69. The van der Waals surface area contributed by atoms with Crippen molar-refractivity contribution in [1.82, 2.24) is 4.98 Å². The van der Waals surface area contributed by atoms with Crippen LogP contribution in [0.25, 0.3) is 11.1 Å². The number of oxazole rings is 1. The topological polar surface area (TPSA) is 52.0 Å². The first-order valence-corrected chi connectivity index (χ1v) is 7.51. The van der Waals surface area contributed by atoms with E-state index in [4.69, 9.17) is 10.2 Å². The fourth-order valence-electron chi connectivity index (χ4n) is 2.10. The van der Waals surface area contributed by atoms with E-state index >= 15 is 0 Å². The second-order valence-corrected chi connectivity index (χ2v) is 5.63. The van der Waals surface area contributed by atoms with E-state index in [0.29, 0.717) is 11.8 Å². The first-order valence-electron chi connectivity index (χ1n) is 6.53. The molecule has 1 heterocycles. The molecular weight excluding hydrogens is 268 g/mol. The SMILES string of the molecule is Cc1cc(CN)ccc1CSc1nc2ccccc2o1.